The van der Waals surface area contributed by atoms with Crippen LogP contribution < -0.4 is 5.73 Å². The minimum absolute atomic E-state index is 0. The van der Waals surface area contributed by atoms with Crippen LogP contribution in [0.1, 0.15) is 79.1 Å². The fourth-order valence-electron chi connectivity index (χ4n) is 2.54. The van der Waals surface area contributed by atoms with Gasteiger partial charge in [-0.2, -0.15) is 0 Å². The van der Waals surface area contributed by atoms with Crippen LogP contribution in [0.5, 0.6) is 0 Å². The van der Waals surface area contributed by atoms with Gasteiger partial charge in [0.15, 0.2) is 0 Å². The molecule has 0 rings (SSSR count). The van der Waals surface area contributed by atoms with Gasteiger partial charge < -0.3 is 5.73 Å². The maximum Gasteiger partial charge on any atom is 0.0177 e. The quantitative estimate of drug-likeness (QED) is 0.457. The molecule has 0 aromatic rings. The van der Waals surface area contributed by atoms with Crippen LogP contribution >= 0.6 is 24.0 Å². The van der Waals surface area contributed by atoms with Gasteiger partial charge in [-0.3, -0.25) is 0 Å². The predicted molar refractivity (Wildman–Crippen MR) is 85.5 cm³/mol. The Morgan fingerprint density at radius 2 is 1.50 bits per heavy atom. The summed E-state index contributed by atoms with van der Waals surface area (Å²) >= 11 is 0. The van der Waals surface area contributed by atoms with Crippen molar-refractivity contribution in [1.82, 2.24) is 0 Å². The molecule has 0 amide bonds. The Kier molecular flexibility index (Phi) is 12.9. The van der Waals surface area contributed by atoms with Crippen LogP contribution in [-0.4, -0.2) is 5.54 Å². The SMILES string of the molecule is CCCCCCC(CC)C(N)(CC)CC.I. The first-order chi connectivity index (χ1) is 7.14. The van der Waals surface area contributed by atoms with Gasteiger partial charge in [0, 0.05) is 5.54 Å². The van der Waals surface area contributed by atoms with E-state index in [4.69, 9.17) is 5.73 Å². The van der Waals surface area contributed by atoms with Gasteiger partial charge >= 0.3 is 0 Å². The molecule has 0 aromatic heterocycles. The van der Waals surface area contributed by atoms with Crippen LogP contribution in [0.3, 0.4) is 0 Å². The molecule has 0 aromatic carbocycles. The van der Waals surface area contributed by atoms with E-state index >= 15 is 0 Å². The molecule has 100 valence electrons. The van der Waals surface area contributed by atoms with Crippen molar-refractivity contribution < 1.29 is 0 Å². The molecule has 2 heteroatoms. The number of nitrogens with two attached hydrogens (primary N) is 1. The van der Waals surface area contributed by atoms with Gasteiger partial charge in [0.2, 0.25) is 0 Å². The summed E-state index contributed by atoms with van der Waals surface area (Å²) in [5, 5.41) is 0. The monoisotopic (exact) mass is 341 g/mol. The Balaban J connectivity index is 0. The van der Waals surface area contributed by atoms with Crippen molar-refractivity contribution in [2.75, 3.05) is 0 Å². The smallest absolute Gasteiger partial charge is 0.0177 e. The zero-order chi connectivity index (χ0) is 11.7. The van der Waals surface area contributed by atoms with Crippen LogP contribution in [0.15, 0.2) is 0 Å². The summed E-state index contributed by atoms with van der Waals surface area (Å²) in [5.41, 5.74) is 6.56. The van der Waals surface area contributed by atoms with Crippen molar-refractivity contribution in [3.63, 3.8) is 0 Å². The van der Waals surface area contributed by atoms with E-state index in [1.807, 2.05) is 0 Å². The van der Waals surface area contributed by atoms with Gasteiger partial charge in [-0.25, -0.2) is 0 Å². The minimum Gasteiger partial charge on any atom is -0.325 e. The zero-order valence-electron chi connectivity index (χ0n) is 11.7. The molecule has 1 unspecified atom stereocenters. The maximum atomic E-state index is 6.47. The van der Waals surface area contributed by atoms with E-state index in [0.717, 1.165) is 18.8 Å². The Labute approximate surface area is 120 Å². The van der Waals surface area contributed by atoms with E-state index in [2.05, 4.69) is 27.7 Å². The molecule has 16 heavy (non-hydrogen) atoms. The molecule has 0 aliphatic heterocycles. The van der Waals surface area contributed by atoms with Gasteiger partial charge in [-0.05, 0) is 25.2 Å². The minimum atomic E-state index is 0. The van der Waals surface area contributed by atoms with Crippen molar-refractivity contribution in [2.24, 2.45) is 11.7 Å². The van der Waals surface area contributed by atoms with E-state index in [1.165, 1.54) is 38.5 Å². The largest absolute Gasteiger partial charge is 0.325 e. The third-order valence-corrected chi connectivity index (χ3v) is 4.03. The molecule has 0 heterocycles. The highest BCUT2D eigenvalue weighted by atomic mass is 127. The predicted octanol–water partition coefficient (Wildman–Crippen LogP) is 5.12. The van der Waals surface area contributed by atoms with Crippen molar-refractivity contribution in [2.45, 2.75) is 84.6 Å². The molecule has 0 saturated carbocycles. The van der Waals surface area contributed by atoms with Crippen LogP contribution in [-0.2, 0) is 0 Å². The molecular weight excluding hydrogens is 309 g/mol. The standard InChI is InChI=1S/C14H31N.HI/c1-5-9-10-11-12-13(6-2)14(15,7-3)8-4;/h13H,5-12,15H2,1-4H3;1H. The lowest BCUT2D eigenvalue weighted by atomic mass is 9.76. The van der Waals surface area contributed by atoms with Gasteiger partial charge in [0.1, 0.15) is 0 Å². The third kappa shape index (κ3) is 6.43. The van der Waals surface area contributed by atoms with Crippen LogP contribution in [0.25, 0.3) is 0 Å². The molecular formula is C14H32IN. The van der Waals surface area contributed by atoms with E-state index < -0.39 is 0 Å². The van der Waals surface area contributed by atoms with Gasteiger partial charge in [-0.1, -0.05) is 59.8 Å². The summed E-state index contributed by atoms with van der Waals surface area (Å²) in [6.07, 6.45) is 10.3. The lowest BCUT2D eigenvalue weighted by molar-refractivity contribution is 0.225. The first-order valence-electron chi connectivity index (χ1n) is 6.93. The number of rotatable bonds is 9. The average Bonchev–Trinajstić information content (AvgIpc) is 2.28. The highest BCUT2D eigenvalue weighted by Gasteiger charge is 2.29. The van der Waals surface area contributed by atoms with Crippen LogP contribution in [0, 0.1) is 5.92 Å². The van der Waals surface area contributed by atoms with E-state index in [0.29, 0.717) is 0 Å². The Bertz CT molecular complexity index is 144. The van der Waals surface area contributed by atoms with Crippen molar-refractivity contribution in [3.05, 3.63) is 0 Å². The number of hydrogen-bond donors (Lipinski definition) is 1. The molecule has 1 atom stereocenters. The number of unbranched alkanes of at least 4 members (excludes halogenated alkanes) is 3. The maximum absolute atomic E-state index is 6.47. The van der Waals surface area contributed by atoms with Crippen molar-refractivity contribution >= 4 is 24.0 Å². The molecule has 0 aliphatic rings. The second-order valence-electron chi connectivity index (χ2n) is 4.89. The van der Waals surface area contributed by atoms with E-state index in [9.17, 15) is 0 Å². The molecule has 1 nitrogen and oxygen atoms in total. The summed E-state index contributed by atoms with van der Waals surface area (Å²) in [6, 6.07) is 0. The lowest BCUT2D eigenvalue weighted by Gasteiger charge is -2.36. The highest BCUT2D eigenvalue weighted by Crippen LogP contribution is 2.29. The molecule has 0 aliphatic carbocycles. The first-order valence-corrected chi connectivity index (χ1v) is 6.93. The lowest BCUT2D eigenvalue weighted by Crippen LogP contribution is -2.45. The third-order valence-electron chi connectivity index (χ3n) is 4.03. The first kappa shape index (κ1) is 19.0. The summed E-state index contributed by atoms with van der Waals surface area (Å²) in [6.45, 7) is 9.02. The van der Waals surface area contributed by atoms with Gasteiger partial charge in [-0.15, -0.1) is 24.0 Å². The summed E-state index contributed by atoms with van der Waals surface area (Å²) in [7, 11) is 0. The molecule has 0 radical (unpaired) electrons. The molecule has 0 saturated heterocycles. The second-order valence-corrected chi connectivity index (χ2v) is 4.89. The summed E-state index contributed by atoms with van der Waals surface area (Å²) in [5.74, 6) is 0.726. The van der Waals surface area contributed by atoms with Gasteiger partial charge in [0.05, 0.1) is 0 Å². The number of hydrogen-bond acceptors (Lipinski definition) is 1. The summed E-state index contributed by atoms with van der Waals surface area (Å²) < 4.78 is 0. The molecule has 2 N–H and O–H groups in total. The van der Waals surface area contributed by atoms with Crippen LogP contribution in [0.2, 0.25) is 0 Å². The Morgan fingerprint density at radius 1 is 0.938 bits per heavy atom. The second kappa shape index (κ2) is 10.8. The van der Waals surface area contributed by atoms with Crippen LogP contribution in [0.4, 0.5) is 0 Å². The van der Waals surface area contributed by atoms with Crippen molar-refractivity contribution in [3.8, 4) is 0 Å². The van der Waals surface area contributed by atoms with Gasteiger partial charge in [0.25, 0.3) is 0 Å². The fraction of sp³-hybridized carbons (Fsp3) is 1.00. The fourth-order valence-corrected chi connectivity index (χ4v) is 2.54. The number of halogens is 1. The molecule has 0 spiro atoms. The zero-order valence-corrected chi connectivity index (χ0v) is 14.1. The normalized spacial score (nSPS) is 13.3. The topological polar surface area (TPSA) is 26.0 Å². The Hall–Kier alpha value is 0.690. The highest BCUT2D eigenvalue weighted by molar-refractivity contribution is 14.0. The Morgan fingerprint density at radius 3 is 1.88 bits per heavy atom. The van der Waals surface area contributed by atoms with E-state index in [-0.39, 0.29) is 29.5 Å². The molecule has 0 bridgehead atoms. The summed E-state index contributed by atoms with van der Waals surface area (Å²) in [4.78, 5) is 0. The van der Waals surface area contributed by atoms with E-state index in [1.54, 1.807) is 0 Å². The van der Waals surface area contributed by atoms with Crippen molar-refractivity contribution in [1.29, 1.82) is 0 Å². The average molecular weight is 341 g/mol. The molecule has 0 fully saturated rings.